The van der Waals surface area contributed by atoms with Gasteiger partial charge < -0.3 is 10.4 Å². The van der Waals surface area contributed by atoms with Gasteiger partial charge in [0.2, 0.25) is 5.95 Å². The summed E-state index contributed by atoms with van der Waals surface area (Å²) < 4.78 is 0. The molecule has 3 rings (SSSR count). The number of nitrogens with zero attached hydrogens (tertiary/aromatic N) is 3. The summed E-state index contributed by atoms with van der Waals surface area (Å²) in [6.07, 6.45) is 1.57. The van der Waals surface area contributed by atoms with Crippen molar-refractivity contribution >= 4 is 28.9 Å². The van der Waals surface area contributed by atoms with Crippen LogP contribution in [-0.4, -0.2) is 26.0 Å². The van der Waals surface area contributed by atoms with Gasteiger partial charge in [-0.25, -0.2) is 15.0 Å². The number of benzene rings is 1. The number of anilines is 2. The molecule has 0 aliphatic carbocycles. The summed E-state index contributed by atoms with van der Waals surface area (Å²) >= 11 is 1.37. The molecular weight excluding hydrogens is 324 g/mol. The van der Waals surface area contributed by atoms with Crippen LogP contribution in [0.3, 0.4) is 0 Å². The number of aromatic nitrogens is 3. The van der Waals surface area contributed by atoms with Gasteiger partial charge in [-0.3, -0.25) is 4.79 Å². The van der Waals surface area contributed by atoms with Crippen LogP contribution in [0, 0.1) is 13.8 Å². The summed E-state index contributed by atoms with van der Waals surface area (Å²) in [5.41, 5.74) is 4.44. The van der Waals surface area contributed by atoms with Gasteiger partial charge in [0.25, 0.3) is 0 Å². The second-order valence-electron chi connectivity index (χ2n) is 5.48. The normalized spacial score (nSPS) is 10.6. The van der Waals surface area contributed by atoms with Crippen molar-refractivity contribution in [2.75, 3.05) is 5.32 Å². The van der Waals surface area contributed by atoms with Crippen LogP contribution in [-0.2, 0) is 11.2 Å². The van der Waals surface area contributed by atoms with Crippen molar-refractivity contribution in [3.8, 4) is 10.7 Å². The highest BCUT2D eigenvalue weighted by Gasteiger charge is 2.10. The second-order valence-corrected chi connectivity index (χ2v) is 6.34. The highest BCUT2D eigenvalue weighted by Crippen LogP contribution is 2.24. The third-order valence-electron chi connectivity index (χ3n) is 3.24. The molecule has 6 nitrogen and oxygen atoms in total. The Hall–Kier alpha value is -2.80. The number of nitrogens with one attached hydrogen (secondary N) is 1. The van der Waals surface area contributed by atoms with E-state index in [2.05, 4.69) is 26.3 Å². The van der Waals surface area contributed by atoms with E-state index >= 15 is 0 Å². The summed E-state index contributed by atoms with van der Waals surface area (Å²) in [5.74, 6) is -0.417. The Labute approximate surface area is 143 Å². The Bertz CT molecular complexity index is 872. The molecule has 0 spiro atoms. The third kappa shape index (κ3) is 3.94. The number of aliphatic carboxylic acids is 1. The lowest BCUT2D eigenvalue weighted by atomic mass is 10.1. The molecule has 0 saturated heterocycles. The van der Waals surface area contributed by atoms with Crippen LogP contribution in [0.4, 0.5) is 11.6 Å². The smallest absolute Gasteiger partial charge is 0.309 e. The monoisotopic (exact) mass is 340 g/mol. The third-order valence-corrected chi connectivity index (χ3v) is 4.15. The lowest BCUT2D eigenvalue weighted by Gasteiger charge is -2.07. The van der Waals surface area contributed by atoms with Gasteiger partial charge in [0.1, 0.15) is 10.7 Å². The Morgan fingerprint density at radius 1 is 1.21 bits per heavy atom. The van der Waals surface area contributed by atoms with Gasteiger partial charge in [-0.05, 0) is 43.2 Å². The van der Waals surface area contributed by atoms with E-state index in [1.54, 1.807) is 17.6 Å². The van der Waals surface area contributed by atoms with Crippen LogP contribution in [0.15, 0.2) is 35.8 Å². The van der Waals surface area contributed by atoms with Gasteiger partial charge in [-0.1, -0.05) is 6.07 Å². The number of aryl methyl sites for hydroxylation is 2. The van der Waals surface area contributed by atoms with Crippen LogP contribution in [0.5, 0.6) is 0 Å². The molecule has 0 amide bonds. The van der Waals surface area contributed by atoms with Crippen molar-refractivity contribution in [1.29, 1.82) is 0 Å². The summed E-state index contributed by atoms with van der Waals surface area (Å²) in [5, 5.41) is 14.4. The SMILES string of the molecule is Cc1cc(C)cc(Nc2nccc(-c3nc(CC(=O)O)cs3)n2)c1. The van der Waals surface area contributed by atoms with Crippen molar-refractivity contribution in [3.05, 3.63) is 52.7 Å². The van der Waals surface area contributed by atoms with E-state index in [1.165, 1.54) is 11.3 Å². The number of rotatable bonds is 5. The number of carboxylic acid groups (broad SMARTS) is 1. The predicted molar refractivity (Wildman–Crippen MR) is 93.7 cm³/mol. The number of carboxylic acids is 1. The zero-order chi connectivity index (χ0) is 17.1. The number of carbonyl (C=O) groups is 1. The number of hydrogen-bond donors (Lipinski definition) is 2. The lowest BCUT2D eigenvalue weighted by Crippen LogP contribution is -2.00. The molecule has 0 radical (unpaired) electrons. The van der Waals surface area contributed by atoms with E-state index in [0.717, 1.165) is 16.8 Å². The Kier molecular flexibility index (Phi) is 4.52. The Morgan fingerprint density at radius 2 is 1.96 bits per heavy atom. The fourth-order valence-electron chi connectivity index (χ4n) is 2.37. The largest absolute Gasteiger partial charge is 0.481 e. The van der Waals surface area contributed by atoms with Gasteiger partial charge in [0.15, 0.2) is 0 Å². The fourth-order valence-corrected chi connectivity index (χ4v) is 3.16. The van der Waals surface area contributed by atoms with Gasteiger partial charge in [0, 0.05) is 17.3 Å². The number of hydrogen-bond acceptors (Lipinski definition) is 6. The average molecular weight is 340 g/mol. The van der Waals surface area contributed by atoms with Crippen LogP contribution in [0.25, 0.3) is 10.7 Å². The molecule has 2 heterocycles. The second kappa shape index (κ2) is 6.76. The predicted octanol–water partition coefficient (Wildman–Crippen LogP) is 3.59. The van der Waals surface area contributed by atoms with Crippen LogP contribution < -0.4 is 5.32 Å². The maximum absolute atomic E-state index is 10.8. The Morgan fingerprint density at radius 3 is 2.67 bits per heavy atom. The summed E-state index contributed by atoms with van der Waals surface area (Å²) in [7, 11) is 0. The molecule has 3 aromatic rings. The molecule has 0 aliphatic rings. The van der Waals surface area contributed by atoms with Crippen molar-refractivity contribution in [1.82, 2.24) is 15.0 Å². The fraction of sp³-hybridized carbons (Fsp3) is 0.176. The van der Waals surface area contributed by atoms with Crippen LogP contribution in [0.2, 0.25) is 0 Å². The van der Waals surface area contributed by atoms with Gasteiger partial charge >= 0.3 is 5.97 Å². The summed E-state index contributed by atoms with van der Waals surface area (Å²) in [4.78, 5) is 23.8. The molecule has 7 heteroatoms. The van der Waals surface area contributed by atoms with E-state index in [9.17, 15) is 4.79 Å². The molecule has 2 N–H and O–H groups in total. The zero-order valence-corrected chi connectivity index (χ0v) is 14.1. The molecule has 0 fully saturated rings. The van der Waals surface area contributed by atoms with Crippen molar-refractivity contribution < 1.29 is 9.90 Å². The molecule has 1 aromatic carbocycles. The summed E-state index contributed by atoms with van der Waals surface area (Å²) in [6.45, 7) is 4.07. The van der Waals surface area contributed by atoms with Crippen LogP contribution >= 0.6 is 11.3 Å². The van der Waals surface area contributed by atoms with Crippen molar-refractivity contribution in [2.45, 2.75) is 20.3 Å². The molecule has 122 valence electrons. The highest BCUT2D eigenvalue weighted by atomic mass is 32.1. The molecular formula is C17H16N4O2S. The van der Waals surface area contributed by atoms with E-state index in [4.69, 9.17) is 5.11 Å². The quantitative estimate of drug-likeness (QED) is 0.738. The molecule has 0 bridgehead atoms. The standard InChI is InChI=1S/C17H16N4O2S/c1-10-5-11(2)7-12(6-10)20-17-18-4-3-14(21-17)16-19-13(9-24-16)8-15(22)23/h3-7,9H,8H2,1-2H3,(H,22,23)(H,18,20,21). The van der Waals surface area contributed by atoms with E-state index in [1.807, 2.05) is 26.0 Å². The first kappa shape index (κ1) is 16.1. The van der Waals surface area contributed by atoms with E-state index in [-0.39, 0.29) is 6.42 Å². The molecule has 0 atom stereocenters. The summed E-state index contributed by atoms with van der Waals surface area (Å²) in [6, 6.07) is 7.91. The van der Waals surface area contributed by atoms with E-state index in [0.29, 0.717) is 22.3 Å². The van der Waals surface area contributed by atoms with Gasteiger partial charge in [0.05, 0.1) is 12.1 Å². The van der Waals surface area contributed by atoms with Crippen molar-refractivity contribution in [3.63, 3.8) is 0 Å². The van der Waals surface area contributed by atoms with Crippen molar-refractivity contribution in [2.24, 2.45) is 0 Å². The molecule has 0 saturated carbocycles. The topological polar surface area (TPSA) is 88.0 Å². The first-order valence-corrected chi connectivity index (χ1v) is 8.22. The molecule has 2 aromatic heterocycles. The van der Waals surface area contributed by atoms with Gasteiger partial charge in [-0.15, -0.1) is 11.3 Å². The Balaban J connectivity index is 1.83. The minimum atomic E-state index is -0.897. The molecule has 24 heavy (non-hydrogen) atoms. The first-order valence-electron chi connectivity index (χ1n) is 7.34. The van der Waals surface area contributed by atoms with Crippen LogP contribution in [0.1, 0.15) is 16.8 Å². The van der Waals surface area contributed by atoms with E-state index < -0.39 is 5.97 Å². The minimum absolute atomic E-state index is 0.0880. The number of thiazole rings is 1. The minimum Gasteiger partial charge on any atom is -0.481 e. The maximum Gasteiger partial charge on any atom is 0.309 e. The average Bonchev–Trinajstić information content (AvgIpc) is 2.94. The molecule has 0 aliphatic heterocycles. The first-order chi connectivity index (χ1) is 11.5. The zero-order valence-electron chi connectivity index (χ0n) is 13.3. The highest BCUT2D eigenvalue weighted by molar-refractivity contribution is 7.13. The van der Waals surface area contributed by atoms with Gasteiger partial charge in [-0.2, -0.15) is 0 Å². The maximum atomic E-state index is 10.8. The lowest BCUT2D eigenvalue weighted by molar-refractivity contribution is -0.136. The molecule has 0 unspecified atom stereocenters.